The highest BCUT2D eigenvalue weighted by Gasteiger charge is 2.37. The molecule has 0 radical (unpaired) electrons. The van der Waals surface area contributed by atoms with Crippen LogP contribution in [0.15, 0.2) is 0 Å². The zero-order valence-corrected chi connectivity index (χ0v) is 13.3. The predicted molar refractivity (Wildman–Crippen MR) is 83.5 cm³/mol. The predicted octanol–water partition coefficient (Wildman–Crippen LogP) is 3.31. The Hall–Kier alpha value is -0.590. The standard InChI is InChI=1S/C17H31N3/c1-3-11-19-17(14-18)10-6-9-16(12-17)20(2)13-15-7-4-5-8-15/h15-16,19H,3-13H2,1-2H3. The molecule has 1 N–H and O–H groups in total. The van der Waals surface area contributed by atoms with Gasteiger partial charge in [-0.15, -0.1) is 0 Å². The van der Waals surface area contributed by atoms with Crippen LogP contribution in [0.5, 0.6) is 0 Å². The molecule has 2 aliphatic rings. The number of nitriles is 1. The Kier molecular flexibility index (Phi) is 5.86. The first-order valence-corrected chi connectivity index (χ1v) is 8.55. The van der Waals surface area contributed by atoms with Crippen molar-refractivity contribution in [1.29, 1.82) is 5.26 Å². The largest absolute Gasteiger partial charge is 0.303 e. The van der Waals surface area contributed by atoms with Gasteiger partial charge in [-0.2, -0.15) is 5.26 Å². The fraction of sp³-hybridized carbons (Fsp3) is 0.941. The number of hydrogen-bond donors (Lipinski definition) is 1. The SMILES string of the molecule is CCCNC1(C#N)CCCC(N(C)CC2CCCC2)C1. The second-order valence-corrected chi connectivity index (χ2v) is 6.96. The van der Waals surface area contributed by atoms with Crippen molar-refractivity contribution in [3.8, 4) is 6.07 Å². The van der Waals surface area contributed by atoms with Crippen molar-refractivity contribution in [3.63, 3.8) is 0 Å². The highest BCUT2D eigenvalue weighted by molar-refractivity contribution is 5.11. The molecule has 2 unspecified atom stereocenters. The zero-order chi connectivity index (χ0) is 14.4. The van der Waals surface area contributed by atoms with Crippen LogP contribution in [0.25, 0.3) is 0 Å². The van der Waals surface area contributed by atoms with Crippen LogP contribution in [-0.4, -0.2) is 36.6 Å². The summed E-state index contributed by atoms with van der Waals surface area (Å²) in [7, 11) is 2.27. The van der Waals surface area contributed by atoms with Crippen LogP contribution in [0.3, 0.4) is 0 Å². The van der Waals surface area contributed by atoms with Crippen LogP contribution in [0.2, 0.25) is 0 Å². The van der Waals surface area contributed by atoms with Gasteiger partial charge in [0.2, 0.25) is 0 Å². The fourth-order valence-electron chi connectivity index (χ4n) is 4.04. The quantitative estimate of drug-likeness (QED) is 0.809. The highest BCUT2D eigenvalue weighted by Crippen LogP contribution is 2.32. The lowest BCUT2D eigenvalue weighted by molar-refractivity contribution is 0.129. The molecule has 0 amide bonds. The lowest BCUT2D eigenvalue weighted by Gasteiger charge is -2.41. The molecule has 2 rings (SSSR count). The number of hydrogen-bond acceptors (Lipinski definition) is 3. The second kappa shape index (κ2) is 7.43. The molecule has 3 heteroatoms. The Morgan fingerprint density at radius 2 is 2.00 bits per heavy atom. The monoisotopic (exact) mass is 277 g/mol. The molecule has 0 bridgehead atoms. The highest BCUT2D eigenvalue weighted by atomic mass is 15.1. The van der Waals surface area contributed by atoms with Crippen LogP contribution in [0, 0.1) is 17.2 Å². The smallest absolute Gasteiger partial charge is 0.108 e. The second-order valence-electron chi connectivity index (χ2n) is 6.96. The first-order chi connectivity index (χ1) is 9.69. The Morgan fingerprint density at radius 3 is 2.65 bits per heavy atom. The third-order valence-electron chi connectivity index (χ3n) is 5.30. The molecule has 0 aromatic heterocycles. The molecule has 0 spiro atoms. The number of nitrogens with zero attached hydrogens (tertiary/aromatic N) is 2. The molecule has 0 heterocycles. The molecular weight excluding hydrogens is 246 g/mol. The third-order valence-corrected chi connectivity index (χ3v) is 5.30. The third kappa shape index (κ3) is 3.96. The van der Waals surface area contributed by atoms with Crippen LogP contribution in [0.1, 0.15) is 64.7 Å². The van der Waals surface area contributed by atoms with Gasteiger partial charge in [0, 0.05) is 12.6 Å². The van der Waals surface area contributed by atoms with Crippen molar-refractivity contribution in [2.24, 2.45) is 5.92 Å². The topological polar surface area (TPSA) is 39.1 Å². The zero-order valence-electron chi connectivity index (χ0n) is 13.3. The van der Waals surface area contributed by atoms with E-state index in [2.05, 4.69) is 30.3 Å². The molecule has 20 heavy (non-hydrogen) atoms. The minimum absolute atomic E-state index is 0.261. The van der Waals surface area contributed by atoms with Gasteiger partial charge >= 0.3 is 0 Å². The van der Waals surface area contributed by atoms with Gasteiger partial charge in [0.1, 0.15) is 5.54 Å². The van der Waals surface area contributed by atoms with Crippen molar-refractivity contribution >= 4 is 0 Å². The molecule has 0 aromatic carbocycles. The molecule has 114 valence electrons. The van der Waals surface area contributed by atoms with Gasteiger partial charge in [-0.05, 0) is 64.5 Å². The van der Waals surface area contributed by atoms with E-state index in [9.17, 15) is 5.26 Å². The normalized spacial score (nSPS) is 31.6. The van der Waals surface area contributed by atoms with E-state index in [1.807, 2.05) is 0 Å². The van der Waals surface area contributed by atoms with Crippen molar-refractivity contribution in [2.75, 3.05) is 20.1 Å². The molecule has 2 saturated carbocycles. The summed E-state index contributed by atoms with van der Waals surface area (Å²) in [6, 6.07) is 3.18. The Labute approximate surface area is 124 Å². The van der Waals surface area contributed by atoms with Gasteiger partial charge in [0.05, 0.1) is 6.07 Å². The Bertz CT molecular complexity index is 330. The van der Waals surface area contributed by atoms with Gasteiger partial charge in [0.25, 0.3) is 0 Å². The van der Waals surface area contributed by atoms with Crippen LogP contribution in [0.4, 0.5) is 0 Å². The van der Waals surface area contributed by atoms with E-state index >= 15 is 0 Å². The van der Waals surface area contributed by atoms with Crippen LogP contribution >= 0.6 is 0 Å². The maximum atomic E-state index is 9.62. The van der Waals surface area contributed by atoms with E-state index < -0.39 is 0 Å². The molecular formula is C17H31N3. The van der Waals surface area contributed by atoms with Crippen molar-refractivity contribution < 1.29 is 0 Å². The van der Waals surface area contributed by atoms with Gasteiger partial charge in [-0.1, -0.05) is 19.8 Å². The van der Waals surface area contributed by atoms with Gasteiger partial charge < -0.3 is 4.90 Å². The number of rotatable bonds is 6. The van der Waals surface area contributed by atoms with Crippen molar-refractivity contribution in [2.45, 2.75) is 76.3 Å². The first kappa shape index (κ1) is 15.8. The molecule has 0 aromatic rings. The summed E-state index contributed by atoms with van der Waals surface area (Å²) in [6.07, 6.45) is 11.2. The lowest BCUT2D eigenvalue weighted by Crippen LogP contribution is -2.52. The maximum absolute atomic E-state index is 9.62. The molecule has 2 aliphatic carbocycles. The van der Waals surface area contributed by atoms with Crippen molar-refractivity contribution in [1.82, 2.24) is 10.2 Å². The van der Waals surface area contributed by atoms with E-state index in [1.165, 1.54) is 45.1 Å². The fourth-order valence-corrected chi connectivity index (χ4v) is 4.04. The Morgan fingerprint density at radius 1 is 1.25 bits per heavy atom. The lowest BCUT2D eigenvalue weighted by atomic mass is 9.79. The van der Waals surface area contributed by atoms with E-state index in [1.54, 1.807) is 0 Å². The molecule has 0 aliphatic heterocycles. The molecule has 3 nitrogen and oxygen atoms in total. The summed E-state index contributed by atoms with van der Waals surface area (Å²) < 4.78 is 0. The summed E-state index contributed by atoms with van der Waals surface area (Å²) in [5, 5.41) is 13.1. The number of nitrogens with one attached hydrogen (secondary N) is 1. The van der Waals surface area contributed by atoms with E-state index in [4.69, 9.17) is 0 Å². The average molecular weight is 277 g/mol. The van der Waals surface area contributed by atoms with E-state index in [0.717, 1.165) is 31.7 Å². The minimum Gasteiger partial charge on any atom is -0.303 e. The maximum Gasteiger partial charge on any atom is 0.108 e. The first-order valence-electron chi connectivity index (χ1n) is 8.55. The summed E-state index contributed by atoms with van der Waals surface area (Å²) in [6.45, 7) is 4.37. The van der Waals surface area contributed by atoms with Gasteiger partial charge in [0.15, 0.2) is 0 Å². The van der Waals surface area contributed by atoms with Crippen LogP contribution < -0.4 is 5.32 Å². The Balaban J connectivity index is 1.89. The summed E-state index contributed by atoms with van der Waals surface area (Å²) >= 11 is 0. The summed E-state index contributed by atoms with van der Waals surface area (Å²) in [5.74, 6) is 0.905. The van der Waals surface area contributed by atoms with E-state index in [0.29, 0.717) is 6.04 Å². The average Bonchev–Trinajstić information content (AvgIpc) is 2.98. The van der Waals surface area contributed by atoms with Gasteiger partial charge in [-0.3, -0.25) is 5.32 Å². The van der Waals surface area contributed by atoms with Gasteiger partial charge in [-0.25, -0.2) is 0 Å². The van der Waals surface area contributed by atoms with Crippen molar-refractivity contribution in [3.05, 3.63) is 0 Å². The molecule has 2 atom stereocenters. The van der Waals surface area contributed by atoms with E-state index in [-0.39, 0.29) is 5.54 Å². The summed E-state index contributed by atoms with van der Waals surface area (Å²) in [4.78, 5) is 2.55. The summed E-state index contributed by atoms with van der Waals surface area (Å²) in [5.41, 5.74) is -0.261. The molecule has 2 fully saturated rings. The molecule has 0 saturated heterocycles. The van der Waals surface area contributed by atoms with Crippen LogP contribution in [-0.2, 0) is 0 Å². The minimum atomic E-state index is -0.261.